The molecule has 5 nitrogen and oxygen atoms in total. The molecule has 0 bridgehead atoms. The summed E-state index contributed by atoms with van der Waals surface area (Å²) in [5, 5.41) is 20.7. The van der Waals surface area contributed by atoms with Crippen LogP contribution < -0.4 is 0 Å². The van der Waals surface area contributed by atoms with Crippen LogP contribution in [-0.4, -0.2) is 21.5 Å². The van der Waals surface area contributed by atoms with Crippen LogP contribution in [0.1, 0.15) is 11.1 Å². The lowest BCUT2D eigenvalue weighted by Gasteiger charge is -2.21. The summed E-state index contributed by atoms with van der Waals surface area (Å²) in [7, 11) is 0. The highest BCUT2D eigenvalue weighted by Gasteiger charge is 2.15. The minimum absolute atomic E-state index is 0.150. The average Bonchev–Trinajstić information content (AvgIpc) is 2.51. The zero-order chi connectivity index (χ0) is 16.8. The maximum Gasteiger partial charge on any atom is 0.269 e. The van der Waals surface area contributed by atoms with Crippen molar-refractivity contribution < 1.29 is 14.4 Å². The monoisotopic (exact) mass is 316 g/mol. The number of para-hydroxylation sites is 1. The van der Waals surface area contributed by atoms with Gasteiger partial charge in [-0.25, -0.2) is 4.39 Å². The maximum atomic E-state index is 13.9. The lowest BCUT2D eigenvalue weighted by molar-refractivity contribution is -0.385. The Morgan fingerprint density at radius 1 is 1.22 bits per heavy atom. The zero-order valence-electron chi connectivity index (χ0n) is 12.5. The summed E-state index contributed by atoms with van der Waals surface area (Å²) in [6, 6.07) is 10.3. The van der Waals surface area contributed by atoms with Gasteiger partial charge in [0.05, 0.1) is 4.92 Å². The van der Waals surface area contributed by atoms with E-state index in [1.807, 2.05) is 4.90 Å². The fourth-order valence-electron chi connectivity index (χ4n) is 2.29. The SMILES string of the molecule is C=CCN(Cc1ccccc1O)Cc1cc([N+](=O)[O-])ccc1F. The molecule has 0 aliphatic heterocycles. The molecule has 2 aromatic rings. The van der Waals surface area contributed by atoms with Crippen LogP contribution in [0.15, 0.2) is 55.1 Å². The van der Waals surface area contributed by atoms with Gasteiger partial charge >= 0.3 is 0 Å². The zero-order valence-corrected chi connectivity index (χ0v) is 12.5. The number of phenols is 1. The lowest BCUT2D eigenvalue weighted by atomic mass is 10.1. The molecule has 0 saturated heterocycles. The Kier molecular flexibility index (Phi) is 5.43. The fourth-order valence-corrected chi connectivity index (χ4v) is 2.29. The van der Waals surface area contributed by atoms with Crippen LogP contribution in [0.4, 0.5) is 10.1 Å². The molecule has 2 aromatic carbocycles. The molecule has 0 heterocycles. The Bertz CT molecular complexity index is 719. The van der Waals surface area contributed by atoms with Crippen molar-refractivity contribution in [3.8, 4) is 5.75 Å². The van der Waals surface area contributed by atoms with E-state index >= 15 is 0 Å². The number of hydrogen-bond donors (Lipinski definition) is 1. The minimum Gasteiger partial charge on any atom is -0.508 e. The number of hydrogen-bond acceptors (Lipinski definition) is 4. The number of aromatic hydroxyl groups is 1. The van der Waals surface area contributed by atoms with E-state index in [-0.39, 0.29) is 23.5 Å². The number of rotatable bonds is 7. The van der Waals surface area contributed by atoms with Gasteiger partial charge in [-0.05, 0) is 12.1 Å². The van der Waals surface area contributed by atoms with Gasteiger partial charge in [0.2, 0.25) is 0 Å². The summed E-state index contributed by atoms with van der Waals surface area (Å²) in [6.45, 7) is 4.67. The Morgan fingerprint density at radius 3 is 2.57 bits per heavy atom. The summed E-state index contributed by atoms with van der Waals surface area (Å²) in [4.78, 5) is 12.1. The topological polar surface area (TPSA) is 66.6 Å². The van der Waals surface area contributed by atoms with Gasteiger partial charge in [0.15, 0.2) is 0 Å². The van der Waals surface area contributed by atoms with Gasteiger partial charge in [-0.1, -0.05) is 24.3 Å². The Hall–Kier alpha value is -2.73. The van der Waals surface area contributed by atoms with Gasteiger partial charge in [0.25, 0.3) is 5.69 Å². The summed E-state index contributed by atoms with van der Waals surface area (Å²) in [5.41, 5.74) is 0.777. The van der Waals surface area contributed by atoms with Crippen molar-refractivity contribution in [3.05, 3.63) is 82.2 Å². The molecule has 0 radical (unpaired) electrons. The van der Waals surface area contributed by atoms with Gasteiger partial charge in [-0.3, -0.25) is 15.0 Å². The first-order valence-electron chi connectivity index (χ1n) is 7.04. The molecule has 0 aliphatic rings. The number of benzene rings is 2. The number of nitrogens with zero attached hydrogens (tertiary/aromatic N) is 2. The van der Waals surface area contributed by atoms with Crippen molar-refractivity contribution in [1.29, 1.82) is 0 Å². The fraction of sp³-hybridized carbons (Fsp3) is 0.176. The first-order chi connectivity index (χ1) is 11.0. The highest BCUT2D eigenvalue weighted by atomic mass is 19.1. The molecule has 120 valence electrons. The predicted molar refractivity (Wildman–Crippen MR) is 85.5 cm³/mol. The minimum atomic E-state index is -0.552. The molecular weight excluding hydrogens is 299 g/mol. The van der Waals surface area contributed by atoms with Gasteiger partial charge in [-0.2, -0.15) is 0 Å². The molecule has 0 unspecified atom stereocenters. The Balaban J connectivity index is 2.22. The van der Waals surface area contributed by atoms with Crippen molar-refractivity contribution in [3.63, 3.8) is 0 Å². The van der Waals surface area contributed by atoms with Crippen LogP contribution in [0.5, 0.6) is 5.75 Å². The number of halogens is 1. The normalized spacial score (nSPS) is 10.7. The van der Waals surface area contributed by atoms with Crippen LogP contribution in [0.25, 0.3) is 0 Å². The van der Waals surface area contributed by atoms with E-state index in [4.69, 9.17) is 0 Å². The quantitative estimate of drug-likeness (QED) is 0.481. The number of phenolic OH excluding ortho intramolecular Hbond substituents is 1. The molecule has 0 spiro atoms. The van der Waals surface area contributed by atoms with Crippen molar-refractivity contribution >= 4 is 5.69 Å². The molecule has 0 atom stereocenters. The molecular formula is C17H17FN2O3. The molecule has 0 saturated carbocycles. The summed E-state index contributed by atoms with van der Waals surface area (Å²) in [6.07, 6.45) is 1.66. The number of nitro benzene ring substituents is 1. The molecule has 0 amide bonds. The standard InChI is InChI=1S/C17H17FN2O3/c1-2-9-19(11-13-5-3-4-6-17(13)21)12-14-10-15(20(22)23)7-8-16(14)18/h2-8,10,21H,1,9,11-12H2. The van der Waals surface area contributed by atoms with E-state index in [1.165, 1.54) is 6.07 Å². The first kappa shape index (κ1) is 16.6. The van der Waals surface area contributed by atoms with E-state index in [1.54, 1.807) is 30.3 Å². The second-order valence-corrected chi connectivity index (χ2v) is 5.12. The van der Waals surface area contributed by atoms with E-state index in [9.17, 15) is 19.6 Å². The maximum absolute atomic E-state index is 13.9. The second-order valence-electron chi connectivity index (χ2n) is 5.12. The van der Waals surface area contributed by atoms with Crippen LogP contribution >= 0.6 is 0 Å². The number of nitro groups is 1. The van der Waals surface area contributed by atoms with Crippen molar-refractivity contribution in [2.75, 3.05) is 6.54 Å². The Morgan fingerprint density at radius 2 is 1.91 bits per heavy atom. The average molecular weight is 316 g/mol. The molecule has 0 aromatic heterocycles. The third-order valence-corrected chi connectivity index (χ3v) is 3.41. The summed E-state index contributed by atoms with van der Waals surface area (Å²) in [5.74, 6) is -0.344. The van der Waals surface area contributed by atoms with Crippen LogP contribution in [0.3, 0.4) is 0 Å². The van der Waals surface area contributed by atoms with Crippen molar-refractivity contribution in [1.82, 2.24) is 4.90 Å². The van der Waals surface area contributed by atoms with Gasteiger partial charge in [0, 0.05) is 42.9 Å². The van der Waals surface area contributed by atoms with Crippen molar-refractivity contribution in [2.24, 2.45) is 0 Å². The largest absolute Gasteiger partial charge is 0.508 e. The third-order valence-electron chi connectivity index (χ3n) is 3.41. The van der Waals surface area contributed by atoms with Crippen LogP contribution in [0.2, 0.25) is 0 Å². The first-order valence-corrected chi connectivity index (χ1v) is 7.04. The summed E-state index contributed by atoms with van der Waals surface area (Å²) >= 11 is 0. The van der Waals surface area contributed by atoms with Crippen molar-refractivity contribution in [2.45, 2.75) is 13.1 Å². The molecule has 0 fully saturated rings. The van der Waals surface area contributed by atoms with Crippen LogP contribution in [0, 0.1) is 15.9 Å². The lowest BCUT2D eigenvalue weighted by Crippen LogP contribution is -2.23. The van der Waals surface area contributed by atoms with Gasteiger partial charge in [0.1, 0.15) is 11.6 Å². The van der Waals surface area contributed by atoms with Gasteiger partial charge in [-0.15, -0.1) is 6.58 Å². The van der Waals surface area contributed by atoms with E-state index in [2.05, 4.69) is 6.58 Å². The third kappa shape index (κ3) is 4.37. The smallest absolute Gasteiger partial charge is 0.269 e. The van der Waals surface area contributed by atoms with E-state index < -0.39 is 10.7 Å². The van der Waals surface area contributed by atoms with Crippen LogP contribution in [-0.2, 0) is 13.1 Å². The van der Waals surface area contributed by atoms with E-state index in [0.29, 0.717) is 18.7 Å². The Labute approximate surface area is 133 Å². The highest BCUT2D eigenvalue weighted by molar-refractivity contribution is 5.36. The summed E-state index contributed by atoms with van der Waals surface area (Å²) < 4.78 is 13.9. The predicted octanol–water partition coefficient (Wildman–Crippen LogP) is 3.63. The number of non-ortho nitro benzene ring substituents is 1. The second kappa shape index (κ2) is 7.51. The van der Waals surface area contributed by atoms with Gasteiger partial charge < -0.3 is 5.11 Å². The van der Waals surface area contributed by atoms with E-state index in [0.717, 1.165) is 12.1 Å². The molecule has 23 heavy (non-hydrogen) atoms. The molecule has 2 rings (SSSR count). The highest BCUT2D eigenvalue weighted by Crippen LogP contribution is 2.22. The molecule has 6 heteroatoms. The molecule has 0 aliphatic carbocycles. The molecule has 1 N–H and O–H groups in total.